The van der Waals surface area contributed by atoms with E-state index in [-0.39, 0.29) is 0 Å². The van der Waals surface area contributed by atoms with Gasteiger partial charge in [0.15, 0.2) is 0 Å². The van der Waals surface area contributed by atoms with Crippen molar-refractivity contribution in [2.75, 3.05) is 40.5 Å². The molecular formula is C12H28NO4P. The number of rotatable bonds is 12. The first-order valence-electron chi connectivity index (χ1n) is 6.72. The maximum atomic E-state index is 12.3. The van der Waals surface area contributed by atoms with Crippen LogP contribution >= 0.6 is 7.82 Å². The third-order valence-corrected chi connectivity index (χ3v) is 3.78. The Hall–Kier alpha value is 0.0700. The third-order valence-electron chi connectivity index (χ3n) is 2.28. The van der Waals surface area contributed by atoms with E-state index in [2.05, 4.69) is 13.8 Å². The number of unbranched alkanes of at least 4 members (excludes halogenated alkanes) is 2. The summed E-state index contributed by atoms with van der Waals surface area (Å²) in [6, 6.07) is 0. The molecule has 18 heavy (non-hydrogen) atoms. The Kier molecular flexibility index (Phi) is 11.0. The van der Waals surface area contributed by atoms with Gasteiger partial charge in [0.2, 0.25) is 0 Å². The zero-order valence-electron chi connectivity index (χ0n) is 12.2. The average Bonchev–Trinajstić information content (AvgIpc) is 2.29. The third kappa shape index (κ3) is 10.0. The van der Waals surface area contributed by atoms with E-state index in [9.17, 15) is 4.57 Å². The van der Waals surface area contributed by atoms with Crippen LogP contribution in [0.1, 0.15) is 39.5 Å². The smallest absolute Gasteiger partial charge is 0.307 e. The summed E-state index contributed by atoms with van der Waals surface area (Å²) in [5, 5.41) is 0. The Morgan fingerprint density at radius 2 is 1.33 bits per heavy atom. The zero-order valence-corrected chi connectivity index (χ0v) is 13.1. The highest BCUT2D eigenvalue weighted by Gasteiger charge is 2.26. The van der Waals surface area contributed by atoms with Crippen molar-refractivity contribution in [2.45, 2.75) is 39.5 Å². The van der Waals surface area contributed by atoms with Gasteiger partial charge in [0.1, 0.15) is 0 Å². The van der Waals surface area contributed by atoms with Gasteiger partial charge in [-0.3, -0.25) is 13.6 Å². The Labute approximate surface area is 111 Å². The molecule has 0 radical (unpaired) electrons. The van der Waals surface area contributed by atoms with Crippen LogP contribution in [0.3, 0.4) is 0 Å². The molecule has 0 aromatic carbocycles. The molecule has 6 heteroatoms. The van der Waals surface area contributed by atoms with Gasteiger partial charge in [0, 0.05) is 6.54 Å². The molecule has 0 saturated carbocycles. The molecule has 5 nitrogen and oxygen atoms in total. The SMILES string of the molecule is CCCCOP(=O)(OCCCC)OCCN(C)C. The lowest BCUT2D eigenvalue weighted by atomic mass is 10.4. The lowest BCUT2D eigenvalue weighted by molar-refractivity contribution is 0.105. The molecule has 0 N–H and O–H groups in total. The van der Waals surface area contributed by atoms with Crippen molar-refractivity contribution in [2.24, 2.45) is 0 Å². The van der Waals surface area contributed by atoms with E-state index >= 15 is 0 Å². The highest BCUT2D eigenvalue weighted by molar-refractivity contribution is 7.48. The Balaban J connectivity index is 4.07. The number of hydrogen-bond acceptors (Lipinski definition) is 5. The molecule has 0 saturated heterocycles. The van der Waals surface area contributed by atoms with Crippen LogP contribution in [-0.2, 0) is 18.1 Å². The minimum atomic E-state index is -3.36. The topological polar surface area (TPSA) is 48.0 Å². The molecule has 0 unspecified atom stereocenters. The molecule has 0 aliphatic carbocycles. The van der Waals surface area contributed by atoms with Crippen molar-refractivity contribution >= 4 is 7.82 Å². The molecule has 0 spiro atoms. The largest absolute Gasteiger partial charge is 0.474 e. The molecule has 0 aromatic heterocycles. The summed E-state index contributed by atoms with van der Waals surface area (Å²) in [7, 11) is 0.508. The second-order valence-electron chi connectivity index (χ2n) is 4.46. The van der Waals surface area contributed by atoms with Gasteiger partial charge in [-0.2, -0.15) is 0 Å². The summed E-state index contributed by atoms with van der Waals surface area (Å²) in [6.45, 7) is 5.99. The second-order valence-corrected chi connectivity index (χ2v) is 6.13. The fourth-order valence-electron chi connectivity index (χ4n) is 1.09. The quantitative estimate of drug-likeness (QED) is 0.406. The number of phosphoric ester groups is 1. The van der Waals surface area contributed by atoms with Gasteiger partial charge in [0.05, 0.1) is 19.8 Å². The fourth-order valence-corrected chi connectivity index (χ4v) is 2.32. The van der Waals surface area contributed by atoms with Crippen LogP contribution in [0, 0.1) is 0 Å². The van der Waals surface area contributed by atoms with Crippen LogP contribution in [0.4, 0.5) is 0 Å². The van der Waals surface area contributed by atoms with Crippen molar-refractivity contribution in [3.63, 3.8) is 0 Å². The monoisotopic (exact) mass is 281 g/mol. The van der Waals surface area contributed by atoms with Gasteiger partial charge in [0.25, 0.3) is 0 Å². The summed E-state index contributed by atoms with van der Waals surface area (Å²) in [4.78, 5) is 1.96. The second kappa shape index (κ2) is 10.9. The van der Waals surface area contributed by atoms with Crippen molar-refractivity contribution in [3.8, 4) is 0 Å². The van der Waals surface area contributed by atoms with Gasteiger partial charge < -0.3 is 4.90 Å². The highest BCUT2D eigenvalue weighted by atomic mass is 31.2. The normalized spacial score (nSPS) is 12.3. The highest BCUT2D eigenvalue weighted by Crippen LogP contribution is 2.49. The summed E-state index contributed by atoms with van der Waals surface area (Å²) in [5.41, 5.74) is 0. The van der Waals surface area contributed by atoms with E-state index in [0.717, 1.165) is 25.7 Å². The molecule has 0 atom stereocenters. The number of phosphoric acid groups is 1. The number of nitrogens with zero attached hydrogens (tertiary/aromatic N) is 1. The first-order valence-corrected chi connectivity index (χ1v) is 8.18. The van der Waals surface area contributed by atoms with Gasteiger partial charge in [-0.1, -0.05) is 26.7 Å². The molecule has 0 aromatic rings. The van der Waals surface area contributed by atoms with Gasteiger partial charge in [-0.05, 0) is 26.9 Å². The van der Waals surface area contributed by atoms with E-state index < -0.39 is 7.82 Å². The van der Waals surface area contributed by atoms with Crippen LogP contribution in [0.25, 0.3) is 0 Å². The van der Waals surface area contributed by atoms with Crippen molar-refractivity contribution < 1.29 is 18.1 Å². The molecule has 0 amide bonds. The molecular weight excluding hydrogens is 253 g/mol. The average molecular weight is 281 g/mol. The maximum absolute atomic E-state index is 12.3. The minimum Gasteiger partial charge on any atom is -0.307 e. The molecule has 0 heterocycles. The Morgan fingerprint density at radius 1 is 0.889 bits per heavy atom. The van der Waals surface area contributed by atoms with Gasteiger partial charge in [-0.15, -0.1) is 0 Å². The van der Waals surface area contributed by atoms with E-state index in [1.165, 1.54) is 0 Å². The lowest BCUT2D eigenvalue weighted by Crippen LogP contribution is -2.18. The maximum Gasteiger partial charge on any atom is 0.474 e. The van der Waals surface area contributed by atoms with E-state index in [4.69, 9.17) is 13.6 Å². The molecule has 0 aliphatic heterocycles. The summed E-state index contributed by atoms with van der Waals surface area (Å²) in [5.74, 6) is 0. The van der Waals surface area contributed by atoms with Crippen LogP contribution in [0.15, 0.2) is 0 Å². The summed E-state index contributed by atoms with van der Waals surface area (Å²) < 4.78 is 28.1. The first kappa shape index (κ1) is 18.1. The number of hydrogen-bond donors (Lipinski definition) is 0. The first-order chi connectivity index (χ1) is 8.54. The van der Waals surface area contributed by atoms with Gasteiger partial charge >= 0.3 is 7.82 Å². The molecule has 0 bridgehead atoms. The van der Waals surface area contributed by atoms with Crippen LogP contribution in [0.2, 0.25) is 0 Å². The van der Waals surface area contributed by atoms with Crippen molar-refractivity contribution in [3.05, 3.63) is 0 Å². The van der Waals surface area contributed by atoms with Crippen LogP contribution < -0.4 is 0 Å². The van der Waals surface area contributed by atoms with Crippen LogP contribution in [-0.4, -0.2) is 45.4 Å². The van der Waals surface area contributed by atoms with E-state index in [1.54, 1.807) is 0 Å². The molecule has 110 valence electrons. The molecule has 0 fully saturated rings. The summed E-state index contributed by atoms with van der Waals surface area (Å²) >= 11 is 0. The predicted molar refractivity (Wildman–Crippen MR) is 73.8 cm³/mol. The molecule has 0 aliphatic rings. The fraction of sp³-hybridized carbons (Fsp3) is 1.00. The van der Waals surface area contributed by atoms with E-state index in [1.807, 2.05) is 19.0 Å². The standard InChI is InChI=1S/C12H28NO4P/c1-5-7-10-15-18(14,16-11-8-6-2)17-12-9-13(3)4/h5-12H2,1-4H3. The van der Waals surface area contributed by atoms with Crippen LogP contribution in [0.5, 0.6) is 0 Å². The molecule has 0 rings (SSSR count). The number of likely N-dealkylation sites (N-methyl/N-ethyl adjacent to an activating group) is 1. The predicted octanol–water partition coefficient (Wildman–Crippen LogP) is 3.31. The van der Waals surface area contributed by atoms with Crippen molar-refractivity contribution in [1.82, 2.24) is 4.90 Å². The zero-order chi connectivity index (χ0) is 13.9. The van der Waals surface area contributed by atoms with Crippen molar-refractivity contribution in [1.29, 1.82) is 0 Å². The Morgan fingerprint density at radius 3 is 1.72 bits per heavy atom. The van der Waals surface area contributed by atoms with E-state index in [0.29, 0.717) is 26.4 Å². The Bertz CT molecular complexity index is 222. The summed E-state index contributed by atoms with van der Waals surface area (Å²) in [6.07, 6.45) is 3.70. The van der Waals surface area contributed by atoms with Gasteiger partial charge in [-0.25, -0.2) is 4.57 Å². The minimum absolute atomic E-state index is 0.350. The lowest BCUT2D eigenvalue weighted by Gasteiger charge is -2.19.